The molecule has 4 rings (SSSR count). The number of anilines is 1. The lowest BCUT2D eigenvalue weighted by Crippen LogP contribution is -2.39. The number of hydrogen-bond donors (Lipinski definition) is 2. The molecule has 0 unspecified atom stereocenters. The molecular formula is C19H19N5O3. The van der Waals surface area contributed by atoms with Gasteiger partial charge in [-0.2, -0.15) is 0 Å². The standard InChI is InChI=1S/C19H19N5O3/c20-17(25)16-11-13(5-8-21-16)27-12-6-9-24(10-7-12)19-22-15-4-2-1-3-14(15)18(26)23-19/h1-5,8,11-12H,6-7,9-10H2,(H2,20,25)(H,22,23,26). The van der Waals surface area contributed by atoms with Gasteiger partial charge >= 0.3 is 0 Å². The topological polar surface area (TPSA) is 114 Å². The van der Waals surface area contributed by atoms with E-state index in [1.165, 1.54) is 6.20 Å². The second-order valence-electron chi connectivity index (χ2n) is 6.45. The van der Waals surface area contributed by atoms with Gasteiger partial charge < -0.3 is 15.4 Å². The molecule has 1 aliphatic heterocycles. The molecule has 8 heteroatoms. The van der Waals surface area contributed by atoms with E-state index in [1.54, 1.807) is 18.2 Å². The number of primary amides is 1. The first kappa shape index (κ1) is 17.0. The Morgan fingerprint density at radius 3 is 2.78 bits per heavy atom. The molecule has 3 heterocycles. The van der Waals surface area contributed by atoms with Gasteiger partial charge in [-0.05, 0) is 18.2 Å². The fraction of sp³-hybridized carbons (Fsp3) is 0.263. The highest BCUT2D eigenvalue weighted by Crippen LogP contribution is 2.22. The molecule has 0 aliphatic carbocycles. The van der Waals surface area contributed by atoms with Crippen molar-refractivity contribution in [1.29, 1.82) is 0 Å². The highest BCUT2D eigenvalue weighted by molar-refractivity contribution is 5.91. The van der Waals surface area contributed by atoms with Gasteiger partial charge in [-0.1, -0.05) is 12.1 Å². The average Bonchev–Trinajstić information content (AvgIpc) is 2.69. The Bertz CT molecular complexity index is 1040. The molecular weight excluding hydrogens is 346 g/mol. The number of benzene rings is 1. The molecule has 0 atom stereocenters. The second kappa shape index (κ2) is 7.06. The molecule has 0 radical (unpaired) electrons. The molecule has 138 valence electrons. The van der Waals surface area contributed by atoms with Gasteiger partial charge in [0.15, 0.2) is 0 Å². The number of fused-ring (bicyclic) bond motifs is 1. The minimum absolute atomic E-state index is 0.0107. The van der Waals surface area contributed by atoms with Gasteiger partial charge in [-0.3, -0.25) is 19.6 Å². The van der Waals surface area contributed by atoms with Crippen LogP contribution in [0.5, 0.6) is 5.75 Å². The van der Waals surface area contributed by atoms with Crippen LogP contribution in [0.3, 0.4) is 0 Å². The van der Waals surface area contributed by atoms with E-state index in [-0.39, 0.29) is 17.4 Å². The third-order valence-corrected chi connectivity index (χ3v) is 4.63. The molecule has 1 saturated heterocycles. The van der Waals surface area contributed by atoms with Crippen LogP contribution in [0.2, 0.25) is 0 Å². The zero-order chi connectivity index (χ0) is 18.8. The Hall–Kier alpha value is -3.42. The van der Waals surface area contributed by atoms with Crippen molar-refractivity contribution < 1.29 is 9.53 Å². The van der Waals surface area contributed by atoms with Crippen molar-refractivity contribution in [2.75, 3.05) is 18.0 Å². The van der Waals surface area contributed by atoms with E-state index in [0.717, 1.165) is 12.8 Å². The average molecular weight is 365 g/mol. The second-order valence-corrected chi connectivity index (χ2v) is 6.45. The summed E-state index contributed by atoms with van der Waals surface area (Å²) in [4.78, 5) is 36.9. The number of aromatic nitrogens is 3. The lowest BCUT2D eigenvalue weighted by molar-refractivity contribution is 0.0994. The number of nitrogens with two attached hydrogens (primary N) is 1. The number of rotatable bonds is 4. The largest absolute Gasteiger partial charge is 0.490 e. The Balaban J connectivity index is 1.44. The van der Waals surface area contributed by atoms with Crippen LogP contribution in [0.25, 0.3) is 10.9 Å². The van der Waals surface area contributed by atoms with Crippen LogP contribution in [0.1, 0.15) is 23.3 Å². The molecule has 0 spiro atoms. The number of ether oxygens (including phenoxy) is 1. The summed E-state index contributed by atoms with van der Waals surface area (Å²) in [7, 11) is 0. The number of carbonyl (C=O) groups excluding carboxylic acids is 1. The fourth-order valence-corrected chi connectivity index (χ4v) is 3.22. The van der Waals surface area contributed by atoms with E-state index < -0.39 is 5.91 Å². The van der Waals surface area contributed by atoms with Crippen molar-refractivity contribution in [3.05, 3.63) is 58.6 Å². The molecule has 2 aromatic heterocycles. The molecule has 3 N–H and O–H groups in total. The third kappa shape index (κ3) is 3.59. The molecule has 0 bridgehead atoms. The zero-order valence-electron chi connectivity index (χ0n) is 14.6. The molecule has 1 aromatic carbocycles. The molecule has 8 nitrogen and oxygen atoms in total. The van der Waals surface area contributed by atoms with Gasteiger partial charge in [0.1, 0.15) is 17.5 Å². The molecule has 27 heavy (non-hydrogen) atoms. The van der Waals surface area contributed by atoms with Gasteiger partial charge in [-0.25, -0.2) is 4.98 Å². The van der Waals surface area contributed by atoms with Crippen molar-refractivity contribution in [1.82, 2.24) is 15.0 Å². The van der Waals surface area contributed by atoms with Crippen molar-refractivity contribution in [2.24, 2.45) is 5.73 Å². The monoisotopic (exact) mass is 365 g/mol. The summed E-state index contributed by atoms with van der Waals surface area (Å²) in [6.07, 6.45) is 3.06. The first-order chi connectivity index (χ1) is 13.1. The molecule has 1 fully saturated rings. The van der Waals surface area contributed by atoms with E-state index in [9.17, 15) is 9.59 Å². The summed E-state index contributed by atoms with van der Waals surface area (Å²) in [5, 5.41) is 0.586. The lowest BCUT2D eigenvalue weighted by atomic mass is 10.1. The number of nitrogens with one attached hydrogen (secondary N) is 1. The number of aromatic amines is 1. The maximum atomic E-state index is 12.2. The number of amides is 1. The predicted molar refractivity (Wildman–Crippen MR) is 101 cm³/mol. The Morgan fingerprint density at radius 2 is 2.00 bits per heavy atom. The molecule has 3 aromatic rings. The third-order valence-electron chi connectivity index (χ3n) is 4.63. The van der Waals surface area contributed by atoms with E-state index in [2.05, 4.69) is 19.9 Å². The van der Waals surface area contributed by atoms with Crippen LogP contribution >= 0.6 is 0 Å². The number of carbonyl (C=O) groups is 1. The lowest BCUT2D eigenvalue weighted by Gasteiger charge is -2.32. The molecule has 1 amide bonds. The number of H-pyrrole nitrogens is 1. The minimum Gasteiger partial charge on any atom is -0.490 e. The minimum atomic E-state index is -0.582. The maximum absolute atomic E-state index is 12.2. The van der Waals surface area contributed by atoms with E-state index in [0.29, 0.717) is 35.7 Å². The van der Waals surface area contributed by atoms with Crippen molar-refractivity contribution in [3.8, 4) is 5.75 Å². The van der Waals surface area contributed by atoms with Gasteiger partial charge in [0, 0.05) is 38.2 Å². The molecule has 1 aliphatic rings. The van der Waals surface area contributed by atoms with E-state index in [1.807, 2.05) is 18.2 Å². The van der Waals surface area contributed by atoms with Crippen LogP contribution in [-0.4, -0.2) is 40.1 Å². The van der Waals surface area contributed by atoms with Crippen molar-refractivity contribution in [3.63, 3.8) is 0 Å². The van der Waals surface area contributed by atoms with Crippen LogP contribution in [0, 0.1) is 0 Å². The fourth-order valence-electron chi connectivity index (χ4n) is 3.22. The van der Waals surface area contributed by atoms with Crippen LogP contribution in [0.4, 0.5) is 5.95 Å². The Morgan fingerprint density at radius 1 is 1.22 bits per heavy atom. The van der Waals surface area contributed by atoms with Gasteiger partial charge in [0.05, 0.1) is 10.9 Å². The quantitative estimate of drug-likeness (QED) is 0.723. The summed E-state index contributed by atoms with van der Waals surface area (Å²) >= 11 is 0. The predicted octanol–water partition coefficient (Wildman–Crippen LogP) is 1.46. The van der Waals surface area contributed by atoms with Gasteiger partial charge in [0.25, 0.3) is 11.5 Å². The maximum Gasteiger partial charge on any atom is 0.267 e. The highest BCUT2D eigenvalue weighted by atomic mass is 16.5. The van der Waals surface area contributed by atoms with Crippen molar-refractivity contribution in [2.45, 2.75) is 18.9 Å². The smallest absolute Gasteiger partial charge is 0.267 e. The number of pyridine rings is 1. The summed E-state index contributed by atoms with van der Waals surface area (Å²) in [5.41, 5.74) is 5.98. The highest BCUT2D eigenvalue weighted by Gasteiger charge is 2.23. The van der Waals surface area contributed by atoms with Crippen LogP contribution in [-0.2, 0) is 0 Å². The number of para-hydroxylation sites is 1. The first-order valence-electron chi connectivity index (χ1n) is 8.77. The Labute approximate surface area is 155 Å². The number of hydrogen-bond acceptors (Lipinski definition) is 6. The van der Waals surface area contributed by atoms with Gasteiger partial charge in [-0.15, -0.1) is 0 Å². The molecule has 0 saturated carbocycles. The number of piperidine rings is 1. The number of nitrogens with zero attached hydrogens (tertiary/aromatic N) is 3. The summed E-state index contributed by atoms with van der Waals surface area (Å²) in [6.45, 7) is 1.42. The zero-order valence-corrected chi connectivity index (χ0v) is 14.6. The first-order valence-corrected chi connectivity index (χ1v) is 8.77. The van der Waals surface area contributed by atoms with E-state index in [4.69, 9.17) is 10.5 Å². The Kier molecular flexibility index (Phi) is 4.45. The summed E-state index contributed by atoms with van der Waals surface area (Å²) in [5.74, 6) is 0.577. The van der Waals surface area contributed by atoms with Crippen LogP contribution < -0.4 is 20.9 Å². The van der Waals surface area contributed by atoms with Crippen LogP contribution in [0.15, 0.2) is 47.4 Å². The van der Waals surface area contributed by atoms with Gasteiger partial charge in [0.2, 0.25) is 5.95 Å². The SMILES string of the molecule is NC(=O)c1cc(OC2CCN(c3nc4ccccc4c(=O)[nH]3)CC2)ccn1. The summed E-state index contributed by atoms with van der Waals surface area (Å²) in [6, 6.07) is 10.6. The summed E-state index contributed by atoms with van der Waals surface area (Å²) < 4.78 is 5.96. The van der Waals surface area contributed by atoms with E-state index >= 15 is 0 Å². The normalized spacial score (nSPS) is 15.0. The van der Waals surface area contributed by atoms with Crippen molar-refractivity contribution >= 4 is 22.8 Å².